The molecule has 4 heteroatoms. The van der Waals surface area contributed by atoms with Crippen molar-refractivity contribution in [2.24, 2.45) is 0 Å². The van der Waals surface area contributed by atoms with Gasteiger partial charge in [0.2, 0.25) is 0 Å². The Balaban J connectivity index is -0.0000000171. The molecule has 0 unspecified atom stereocenters. The van der Waals surface area contributed by atoms with Crippen molar-refractivity contribution in [3.8, 4) is 0 Å². The summed E-state index contributed by atoms with van der Waals surface area (Å²) in [5.74, 6) is 0. The maximum Gasteiger partial charge on any atom is -0.0623 e. The van der Waals surface area contributed by atoms with Crippen molar-refractivity contribution < 1.29 is 0 Å². The molecule has 0 aromatic heterocycles. The van der Waals surface area contributed by atoms with Gasteiger partial charge in [-0.3, -0.25) is 0 Å². The van der Waals surface area contributed by atoms with Gasteiger partial charge in [-0.05, 0) is 0 Å². The van der Waals surface area contributed by atoms with E-state index in [4.69, 9.17) is 0 Å². The van der Waals surface area contributed by atoms with Crippen molar-refractivity contribution in [2.45, 2.75) is 29.7 Å². The molecule has 0 heterocycles. The lowest BCUT2D eigenvalue weighted by Gasteiger charge is -1.69. The summed E-state index contributed by atoms with van der Waals surface area (Å²) in [6.45, 7) is 0. The molecule has 0 saturated heterocycles. The maximum absolute atomic E-state index is 2.00. The second kappa shape index (κ2) is 43.0. The third kappa shape index (κ3) is 36.0. The lowest BCUT2D eigenvalue weighted by atomic mass is 10.4. The van der Waals surface area contributed by atoms with Crippen LogP contribution in [0.4, 0.5) is 0 Å². The summed E-state index contributed by atoms with van der Waals surface area (Å²) in [7, 11) is 0. The smallest absolute Gasteiger partial charge is 0.0623 e. The first-order valence-electron chi connectivity index (χ1n) is 4.00. The average molecular weight is 327 g/mol. The van der Waals surface area contributed by atoms with Gasteiger partial charge in [0.15, 0.2) is 0 Å². The van der Waals surface area contributed by atoms with Crippen molar-refractivity contribution in [3.05, 3.63) is 72.8 Å². The highest BCUT2D eigenvalue weighted by atomic mass is 35.5. The van der Waals surface area contributed by atoms with Gasteiger partial charge in [-0.25, -0.2) is 0 Å². The topological polar surface area (TPSA) is 70.0 Å². The SMILES string of the molecule is C.C.C.C.Cl.Cl.N.N.c1ccccc1.c1ccccc1. The first-order valence-corrected chi connectivity index (χ1v) is 4.00. The zero-order chi connectivity index (χ0) is 8.49. The standard InChI is InChI=1S/2C6H6.4CH4.2ClH.2H3N/c2*1-2-4-6-5-3-1;;;;;;;;/h2*1-6H;4*1H4;2*1H;2*1H3. The molecule has 0 aliphatic carbocycles. The van der Waals surface area contributed by atoms with Gasteiger partial charge in [-0.15, -0.1) is 24.8 Å². The van der Waals surface area contributed by atoms with Crippen LogP contribution in [0.5, 0.6) is 0 Å². The summed E-state index contributed by atoms with van der Waals surface area (Å²) < 4.78 is 0. The van der Waals surface area contributed by atoms with Crippen molar-refractivity contribution in [1.82, 2.24) is 12.3 Å². The molecule has 0 amide bonds. The van der Waals surface area contributed by atoms with E-state index in [0.29, 0.717) is 0 Å². The molecule has 2 nitrogen and oxygen atoms in total. The lowest BCUT2D eigenvalue weighted by molar-refractivity contribution is 1.72. The Hall–Kier alpha value is -1.06. The molecule has 2 aromatic carbocycles. The average Bonchev–Trinajstić information content (AvgIpc) is 2.24. The van der Waals surface area contributed by atoms with Crippen LogP contribution >= 0.6 is 24.8 Å². The third-order valence-corrected chi connectivity index (χ3v) is 1.33. The van der Waals surface area contributed by atoms with Gasteiger partial charge < -0.3 is 12.3 Å². The summed E-state index contributed by atoms with van der Waals surface area (Å²) in [6.07, 6.45) is 0. The van der Waals surface area contributed by atoms with Gasteiger partial charge in [-0.1, -0.05) is 103 Å². The second-order valence-electron chi connectivity index (χ2n) is 2.31. The summed E-state index contributed by atoms with van der Waals surface area (Å²) in [5.41, 5.74) is 0. The Labute approximate surface area is 140 Å². The molecule has 0 atom stereocenters. The van der Waals surface area contributed by atoms with Crippen LogP contribution in [0.3, 0.4) is 0 Å². The Morgan fingerprint density at radius 1 is 0.250 bits per heavy atom. The minimum atomic E-state index is 0. The Kier molecular flexibility index (Phi) is 110. The van der Waals surface area contributed by atoms with Crippen molar-refractivity contribution in [3.63, 3.8) is 0 Å². The molecule has 124 valence electrons. The molecule has 0 aliphatic rings. The van der Waals surface area contributed by atoms with Gasteiger partial charge >= 0.3 is 0 Å². The normalized spacial score (nSPS) is 4.80. The van der Waals surface area contributed by atoms with Gasteiger partial charge in [0.05, 0.1) is 0 Å². The van der Waals surface area contributed by atoms with Crippen molar-refractivity contribution in [1.29, 1.82) is 0 Å². The highest BCUT2D eigenvalue weighted by molar-refractivity contribution is 5.85. The molecule has 0 aliphatic heterocycles. The highest BCUT2D eigenvalue weighted by Gasteiger charge is 1.58. The molecule has 0 bridgehead atoms. The first kappa shape index (κ1) is 50.9. The maximum atomic E-state index is 2.00. The van der Waals surface area contributed by atoms with E-state index in [1.54, 1.807) is 0 Å². The van der Waals surface area contributed by atoms with Crippen LogP contribution in [0.15, 0.2) is 72.8 Å². The zero-order valence-electron chi connectivity index (χ0n) is 9.16. The fraction of sp³-hybridized carbons (Fsp3) is 0.250. The van der Waals surface area contributed by atoms with E-state index in [1.807, 2.05) is 72.8 Å². The largest absolute Gasteiger partial charge is 0.344 e. The summed E-state index contributed by atoms with van der Waals surface area (Å²) in [5, 5.41) is 0. The van der Waals surface area contributed by atoms with Crippen LogP contribution < -0.4 is 12.3 Å². The van der Waals surface area contributed by atoms with Gasteiger partial charge in [0.25, 0.3) is 0 Å². The molecule has 0 radical (unpaired) electrons. The van der Waals surface area contributed by atoms with E-state index in [1.165, 1.54) is 0 Å². The quantitative estimate of drug-likeness (QED) is 0.542. The summed E-state index contributed by atoms with van der Waals surface area (Å²) >= 11 is 0. The minimum Gasteiger partial charge on any atom is -0.344 e. The Morgan fingerprint density at radius 2 is 0.300 bits per heavy atom. The van der Waals surface area contributed by atoms with Crippen molar-refractivity contribution >= 4 is 24.8 Å². The first-order chi connectivity index (χ1) is 6.00. The van der Waals surface area contributed by atoms with E-state index >= 15 is 0 Å². The van der Waals surface area contributed by atoms with Crippen molar-refractivity contribution in [2.75, 3.05) is 0 Å². The van der Waals surface area contributed by atoms with E-state index in [9.17, 15) is 0 Å². The zero-order valence-corrected chi connectivity index (χ0v) is 10.8. The number of hydrogen-bond donors (Lipinski definition) is 2. The van der Waals surface area contributed by atoms with Crippen LogP contribution in [0.1, 0.15) is 29.7 Å². The number of halogens is 2. The molecular weight excluding hydrogens is 291 g/mol. The summed E-state index contributed by atoms with van der Waals surface area (Å²) in [6, 6.07) is 24.0. The predicted octanol–water partition coefficient (Wildman–Crippen LogP) is 7.09. The van der Waals surface area contributed by atoms with Crippen LogP contribution in [0, 0.1) is 0 Å². The van der Waals surface area contributed by atoms with E-state index in [-0.39, 0.29) is 66.8 Å². The van der Waals surface area contributed by atoms with E-state index in [2.05, 4.69) is 0 Å². The van der Waals surface area contributed by atoms with Crippen LogP contribution in [-0.2, 0) is 0 Å². The second-order valence-corrected chi connectivity index (χ2v) is 2.31. The number of hydrogen-bond acceptors (Lipinski definition) is 2. The van der Waals surface area contributed by atoms with Gasteiger partial charge in [0, 0.05) is 0 Å². The molecule has 20 heavy (non-hydrogen) atoms. The van der Waals surface area contributed by atoms with Gasteiger partial charge in [-0.2, -0.15) is 0 Å². The third-order valence-electron chi connectivity index (χ3n) is 1.33. The van der Waals surface area contributed by atoms with Crippen LogP contribution in [0.2, 0.25) is 0 Å². The van der Waals surface area contributed by atoms with Gasteiger partial charge in [0.1, 0.15) is 0 Å². The Morgan fingerprint density at radius 3 is 0.350 bits per heavy atom. The van der Waals surface area contributed by atoms with Crippen LogP contribution in [0.25, 0.3) is 0 Å². The molecular formula is C16H36Cl2N2. The fourth-order valence-corrected chi connectivity index (χ4v) is 0.770. The lowest BCUT2D eigenvalue weighted by Crippen LogP contribution is -1.47. The molecule has 2 rings (SSSR count). The minimum absolute atomic E-state index is 0. The summed E-state index contributed by atoms with van der Waals surface area (Å²) in [4.78, 5) is 0. The Bertz CT molecular complexity index is 194. The monoisotopic (exact) mass is 326 g/mol. The number of benzene rings is 2. The fourth-order valence-electron chi connectivity index (χ4n) is 0.770. The predicted molar refractivity (Wildman–Crippen MR) is 104 cm³/mol. The highest BCUT2D eigenvalue weighted by Crippen LogP contribution is 1.80. The van der Waals surface area contributed by atoms with Crippen LogP contribution in [-0.4, -0.2) is 0 Å². The van der Waals surface area contributed by atoms with E-state index < -0.39 is 0 Å². The molecule has 0 spiro atoms. The molecule has 6 N–H and O–H groups in total. The molecule has 0 saturated carbocycles. The number of rotatable bonds is 0. The molecule has 2 aromatic rings. The molecule has 0 fully saturated rings. The van der Waals surface area contributed by atoms with E-state index in [0.717, 1.165) is 0 Å².